The average Bonchev–Trinajstić information content (AvgIpc) is 3.05. The maximum absolute atomic E-state index is 12.9. The van der Waals surface area contributed by atoms with Crippen molar-refractivity contribution in [1.29, 1.82) is 0 Å². The lowest BCUT2D eigenvalue weighted by Crippen LogP contribution is -2.42. The standard InChI is InChI=1S/C25H22ClN3O2/c1-16-3-7-18(8-4-16)15-29-23(19-11-13-21(26)14-12-19)22(25(31)28-29)27-24(30)20-9-5-17(2)6-10-20/h3-15,22-23H,1-2H3,(H-,27,28,30,31)/p+1/b29-15-/t22-,23-/m0/s1. The molecule has 2 atom stereocenters. The Balaban J connectivity index is 1.69. The second-order valence-corrected chi connectivity index (χ2v) is 8.17. The first kappa shape index (κ1) is 20.8. The molecule has 0 radical (unpaired) electrons. The maximum Gasteiger partial charge on any atom is 0.304 e. The quantitative estimate of drug-likeness (QED) is 0.613. The summed E-state index contributed by atoms with van der Waals surface area (Å²) in [6.45, 7) is 3.98. The molecular formula is C25H23ClN3O2+. The number of hydrogen-bond acceptors (Lipinski definition) is 2. The number of carbonyl (C=O) groups is 2. The van der Waals surface area contributed by atoms with Crippen LogP contribution in [0.3, 0.4) is 0 Å². The Morgan fingerprint density at radius 3 is 2.13 bits per heavy atom. The molecule has 1 saturated heterocycles. The van der Waals surface area contributed by atoms with Crippen LogP contribution in [0.4, 0.5) is 0 Å². The van der Waals surface area contributed by atoms with E-state index < -0.39 is 12.1 Å². The van der Waals surface area contributed by atoms with Crippen molar-refractivity contribution < 1.29 is 14.3 Å². The van der Waals surface area contributed by atoms with Crippen LogP contribution in [0.5, 0.6) is 0 Å². The summed E-state index contributed by atoms with van der Waals surface area (Å²) < 4.78 is 1.75. The summed E-state index contributed by atoms with van der Waals surface area (Å²) >= 11 is 6.07. The van der Waals surface area contributed by atoms with Gasteiger partial charge in [-0.1, -0.05) is 59.1 Å². The second kappa shape index (κ2) is 8.74. The van der Waals surface area contributed by atoms with E-state index in [-0.39, 0.29) is 11.8 Å². The van der Waals surface area contributed by atoms with Crippen LogP contribution in [-0.2, 0) is 4.79 Å². The van der Waals surface area contributed by atoms with Crippen LogP contribution >= 0.6 is 11.6 Å². The van der Waals surface area contributed by atoms with E-state index in [0.717, 1.165) is 22.3 Å². The van der Waals surface area contributed by atoms with Gasteiger partial charge in [-0.05, 0) is 50.2 Å². The molecule has 1 aliphatic rings. The summed E-state index contributed by atoms with van der Waals surface area (Å²) in [4.78, 5) is 25.7. The number of amides is 2. The number of hydrazone groups is 1. The molecule has 0 unspecified atom stereocenters. The largest absolute Gasteiger partial charge is 0.334 e. The molecule has 6 heteroatoms. The van der Waals surface area contributed by atoms with Gasteiger partial charge in [0.1, 0.15) is 0 Å². The lowest BCUT2D eigenvalue weighted by atomic mass is 9.99. The van der Waals surface area contributed by atoms with E-state index in [0.29, 0.717) is 10.6 Å². The molecule has 31 heavy (non-hydrogen) atoms. The zero-order valence-electron chi connectivity index (χ0n) is 17.3. The molecule has 0 bridgehead atoms. The number of rotatable bonds is 4. The first-order valence-electron chi connectivity index (χ1n) is 10.0. The number of halogens is 1. The van der Waals surface area contributed by atoms with Crippen molar-refractivity contribution in [2.45, 2.75) is 25.9 Å². The second-order valence-electron chi connectivity index (χ2n) is 7.74. The van der Waals surface area contributed by atoms with E-state index >= 15 is 0 Å². The van der Waals surface area contributed by atoms with Crippen LogP contribution in [0, 0.1) is 13.8 Å². The fourth-order valence-electron chi connectivity index (χ4n) is 3.58. The predicted octanol–water partition coefficient (Wildman–Crippen LogP) is 3.97. The van der Waals surface area contributed by atoms with Gasteiger partial charge < -0.3 is 5.32 Å². The Kier molecular flexibility index (Phi) is 5.87. The minimum absolute atomic E-state index is 0.274. The van der Waals surface area contributed by atoms with Gasteiger partial charge in [-0.25, -0.2) is 0 Å². The molecule has 4 rings (SSSR count). The Morgan fingerprint density at radius 2 is 1.52 bits per heavy atom. The Morgan fingerprint density at radius 1 is 0.935 bits per heavy atom. The molecule has 2 N–H and O–H groups in total. The van der Waals surface area contributed by atoms with Crippen molar-refractivity contribution >= 4 is 29.6 Å². The fourth-order valence-corrected chi connectivity index (χ4v) is 3.71. The van der Waals surface area contributed by atoms with Crippen LogP contribution in [-0.4, -0.2) is 28.8 Å². The molecular weight excluding hydrogens is 410 g/mol. The molecule has 1 fully saturated rings. The number of aryl methyl sites for hydroxylation is 2. The molecule has 0 spiro atoms. The molecule has 0 aromatic heterocycles. The molecule has 2 amide bonds. The average molecular weight is 433 g/mol. The van der Waals surface area contributed by atoms with Gasteiger partial charge in [0.2, 0.25) is 12.3 Å². The van der Waals surface area contributed by atoms with Crippen molar-refractivity contribution in [3.63, 3.8) is 0 Å². The third kappa shape index (κ3) is 4.67. The molecule has 5 nitrogen and oxygen atoms in total. The third-order valence-electron chi connectivity index (χ3n) is 5.31. The molecule has 3 aromatic rings. The van der Waals surface area contributed by atoms with Crippen LogP contribution in [0.2, 0.25) is 5.02 Å². The highest BCUT2D eigenvalue weighted by molar-refractivity contribution is 6.30. The van der Waals surface area contributed by atoms with Crippen molar-refractivity contribution in [3.8, 4) is 0 Å². The Hall–Kier alpha value is -3.44. The minimum Gasteiger partial charge on any atom is -0.334 e. The van der Waals surface area contributed by atoms with E-state index in [1.165, 1.54) is 0 Å². The summed E-state index contributed by atoms with van der Waals surface area (Å²) in [6, 6.07) is 21.4. The molecule has 0 saturated carbocycles. The molecule has 0 aliphatic carbocycles. The first-order valence-corrected chi connectivity index (χ1v) is 10.4. The molecule has 1 heterocycles. The predicted molar refractivity (Wildman–Crippen MR) is 121 cm³/mol. The number of nitrogens with one attached hydrogen (secondary N) is 2. The smallest absolute Gasteiger partial charge is 0.304 e. The lowest BCUT2D eigenvalue weighted by Gasteiger charge is -2.15. The number of hydrogen-bond donors (Lipinski definition) is 2. The van der Waals surface area contributed by atoms with E-state index in [1.807, 2.05) is 68.6 Å². The van der Waals surface area contributed by atoms with Crippen LogP contribution in [0.1, 0.15) is 38.7 Å². The zero-order valence-corrected chi connectivity index (χ0v) is 18.1. The highest BCUT2D eigenvalue weighted by atomic mass is 35.5. The third-order valence-corrected chi connectivity index (χ3v) is 5.57. The van der Waals surface area contributed by atoms with Gasteiger partial charge in [-0.3, -0.25) is 9.59 Å². The summed E-state index contributed by atoms with van der Waals surface area (Å²) in [5.74, 6) is -0.569. The number of nitrogens with zero attached hydrogens (tertiary/aromatic N) is 1. The summed E-state index contributed by atoms with van der Waals surface area (Å²) in [7, 11) is 0. The zero-order chi connectivity index (χ0) is 22.0. The number of carbonyl (C=O) groups excluding carboxylic acids is 2. The highest BCUT2D eigenvalue weighted by Crippen LogP contribution is 2.26. The van der Waals surface area contributed by atoms with E-state index in [9.17, 15) is 9.59 Å². The van der Waals surface area contributed by atoms with Gasteiger partial charge in [0.25, 0.3) is 5.91 Å². The van der Waals surface area contributed by atoms with E-state index in [2.05, 4.69) is 10.7 Å². The fraction of sp³-hybridized carbons (Fsp3) is 0.160. The number of hydrazine groups is 1. The number of benzene rings is 3. The summed E-state index contributed by atoms with van der Waals surface area (Å²) in [5.41, 5.74) is 7.41. The summed E-state index contributed by atoms with van der Waals surface area (Å²) in [5, 5.41) is 3.51. The Labute approximate surface area is 186 Å². The monoisotopic (exact) mass is 432 g/mol. The van der Waals surface area contributed by atoms with Gasteiger partial charge in [0.15, 0.2) is 6.04 Å². The first-order chi connectivity index (χ1) is 14.9. The summed E-state index contributed by atoms with van der Waals surface area (Å²) in [6.07, 6.45) is 1.87. The lowest BCUT2D eigenvalue weighted by molar-refractivity contribution is -0.596. The minimum atomic E-state index is -0.767. The SMILES string of the molecule is Cc1ccc(/C=[N+]2\NC(=O)[C@@H](NC(=O)c3ccc(C)cc3)[C@@H]2c2ccc(Cl)cc2)cc1. The van der Waals surface area contributed by atoms with Crippen molar-refractivity contribution in [3.05, 3.63) is 106 Å². The van der Waals surface area contributed by atoms with Gasteiger partial charge >= 0.3 is 5.91 Å². The normalized spacial score (nSPS) is 19.3. The van der Waals surface area contributed by atoms with Crippen molar-refractivity contribution in [1.82, 2.24) is 10.7 Å². The van der Waals surface area contributed by atoms with E-state index in [4.69, 9.17) is 11.6 Å². The maximum atomic E-state index is 12.9. The van der Waals surface area contributed by atoms with Gasteiger partial charge in [-0.2, -0.15) is 0 Å². The Bertz CT molecular complexity index is 1140. The highest BCUT2D eigenvalue weighted by Gasteiger charge is 2.47. The van der Waals surface area contributed by atoms with Crippen LogP contribution in [0.25, 0.3) is 0 Å². The van der Waals surface area contributed by atoms with Crippen LogP contribution in [0.15, 0.2) is 72.8 Å². The van der Waals surface area contributed by atoms with Gasteiger partial charge in [0, 0.05) is 21.7 Å². The molecule has 3 aromatic carbocycles. The van der Waals surface area contributed by atoms with Gasteiger partial charge in [0.05, 0.1) is 0 Å². The van der Waals surface area contributed by atoms with E-state index in [1.54, 1.807) is 28.9 Å². The molecule has 1 aliphatic heterocycles. The molecule has 156 valence electrons. The van der Waals surface area contributed by atoms with Crippen LogP contribution < -0.4 is 10.7 Å². The van der Waals surface area contributed by atoms with Crippen molar-refractivity contribution in [2.75, 3.05) is 0 Å². The topological polar surface area (TPSA) is 61.2 Å². The van der Waals surface area contributed by atoms with Gasteiger partial charge in [-0.15, -0.1) is 10.1 Å². The van der Waals surface area contributed by atoms with Crippen molar-refractivity contribution in [2.24, 2.45) is 0 Å².